The van der Waals surface area contributed by atoms with E-state index in [-0.39, 0.29) is 12.5 Å². The Morgan fingerprint density at radius 2 is 1.91 bits per heavy atom. The summed E-state index contributed by atoms with van der Waals surface area (Å²) in [5.74, 6) is 0.854. The lowest BCUT2D eigenvalue weighted by atomic mass is 10.3. The Bertz CT molecular complexity index is 648. The van der Waals surface area contributed by atoms with E-state index in [1.54, 1.807) is 49.6 Å². The van der Waals surface area contributed by atoms with Crippen LogP contribution >= 0.6 is 11.6 Å². The Balaban J connectivity index is 1.85. The summed E-state index contributed by atoms with van der Waals surface area (Å²) < 4.78 is 15.8. The Morgan fingerprint density at radius 1 is 1.09 bits per heavy atom. The van der Waals surface area contributed by atoms with Crippen molar-refractivity contribution in [1.82, 2.24) is 0 Å². The maximum Gasteiger partial charge on any atom is 0.262 e. The zero-order valence-electron chi connectivity index (χ0n) is 12.8. The highest BCUT2D eigenvalue weighted by Gasteiger charge is 2.06. The van der Waals surface area contributed by atoms with Crippen LogP contribution in [0.5, 0.6) is 11.5 Å². The molecular weight excluding hydrogens is 318 g/mol. The first kappa shape index (κ1) is 17.1. The minimum atomic E-state index is -0.279. The summed E-state index contributed by atoms with van der Waals surface area (Å²) in [6.07, 6.45) is 0. The lowest BCUT2D eigenvalue weighted by Crippen LogP contribution is -2.20. The molecule has 5 nitrogen and oxygen atoms in total. The van der Waals surface area contributed by atoms with Crippen molar-refractivity contribution in [1.29, 1.82) is 0 Å². The normalized spacial score (nSPS) is 10.2. The minimum absolute atomic E-state index is 0.126. The highest BCUT2D eigenvalue weighted by Crippen LogP contribution is 2.23. The molecule has 0 atom stereocenters. The average molecular weight is 336 g/mol. The molecule has 6 heteroatoms. The number of halogens is 1. The van der Waals surface area contributed by atoms with E-state index in [0.29, 0.717) is 35.4 Å². The molecule has 2 rings (SSSR count). The molecule has 2 aromatic rings. The summed E-state index contributed by atoms with van der Waals surface area (Å²) in [5, 5.41) is 3.21. The van der Waals surface area contributed by atoms with Crippen LogP contribution in [0.4, 0.5) is 5.69 Å². The number of nitrogens with one attached hydrogen (secondary N) is 1. The first-order valence-electron chi connectivity index (χ1n) is 7.08. The lowest BCUT2D eigenvalue weighted by Gasteiger charge is -2.10. The van der Waals surface area contributed by atoms with E-state index in [9.17, 15) is 4.79 Å². The number of hydrogen-bond donors (Lipinski definition) is 1. The van der Waals surface area contributed by atoms with Crippen molar-refractivity contribution in [3.05, 3.63) is 53.6 Å². The molecule has 0 spiro atoms. The first-order chi connectivity index (χ1) is 11.2. The van der Waals surface area contributed by atoms with E-state index in [1.807, 2.05) is 6.07 Å². The van der Waals surface area contributed by atoms with Crippen molar-refractivity contribution in [2.45, 2.75) is 0 Å². The van der Waals surface area contributed by atoms with Crippen LogP contribution in [0.25, 0.3) is 0 Å². The van der Waals surface area contributed by atoms with E-state index >= 15 is 0 Å². The number of anilines is 1. The summed E-state index contributed by atoms with van der Waals surface area (Å²) in [6.45, 7) is 0.824. The van der Waals surface area contributed by atoms with Crippen LogP contribution in [-0.4, -0.2) is 32.8 Å². The van der Waals surface area contributed by atoms with Gasteiger partial charge in [-0.1, -0.05) is 29.8 Å². The number of ether oxygens (including phenoxy) is 3. The molecule has 0 aliphatic rings. The molecule has 0 saturated carbocycles. The van der Waals surface area contributed by atoms with Crippen LogP contribution in [0.15, 0.2) is 48.5 Å². The molecule has 0 unspecified atom stereocenters. The topological polar surface area (TPSA) is 56.8 Å². The van der Waals surface area contributed by atoms with Crippen molar-refractivity contribution >= 4 is 23.2 Å². The zero-order chi connectivity index (χ0) is 16.5. The number of hydrogen-bond acceptors (Lipinski definition) is 4. The Kier molecular flexibility index (Phi) is 6.72. The molecule has 0 saturated heterocycles. The third-order valence-corrected chi connectivity index (χ3v) is 3.18. The average Bonchev–Trinajstić information content (AvgIpc) is 2.55. The van der Waals surface area contributed by atoms with Crippen molar-refractivity contribution in [2.24, 2.45) is 0 Å². The van der Waals surface area contributed by atoms with Gasteiger partial charge in [-0.05, 0) is 24.3 Å². The molecule has 0 aromatic heterocycles. The van der Waals surface area contributed by atoms with Crippen LogP contribution in [0.2, 0.25) is 5.02 Å². The molecule has 0 aliphatic heterocycles. The van der Waals surface area contributed by atoms with Crippen LogP contribution < -0.4 is 14.8 Å². The third-order valence-electron chi connectivity index (χ3n) is 2.87. The van der Waals surface area contributed by atoms with Crippen molar-refractivity contribution in [3.63, 3.8) is 0 Å². The van der Waals surface area contributed by atoms with Gasteiger partial charge in [0.05, 0.1) is 11.6 Å². The minimum Gasteiger partial charge on any atom is -0.491 e. The number of carbonyl (C=O) groups excluding carboxylic acids is 1. The Labute approximate surface area is 140 Å². The molecule has 0 aliphatic carbocycles. The van der Waals surface area contributed by atoms with Gasteiger partial charge in [0.2, 0.25) is 0 Å². The van der Waals surface area contributed by atoms with Gasteiger partial charge in [0.15, 0.2) is 6.61 Å². The summed E-state index contributed by atoms with van der Waals surface area (Å²) in [5.41, 5.74) is 0.632. The smallest absolute Gasteiger partial charge is 0.262 e. The third kappa shape index (κ3) is 5.81. The van der Waals surface area contributed by atoms with Gasteiger partial charge in [-0.2, -0.15) is 0 Å². The highest BCUT2D eigenvalue weighted by atomic mass is 35.5. The summed E-state index contributed by atoms with van der Waals surface area (Å²) in [6, 6.07) is 14.1. The fraction of sp³-hybridized carbons (Fsp3) is 0.235. The van der Waals surface area contributed by atoms with Crippen molar-refractivity contribution in [2.75, 3.05) is 32.2 Å². The quantitative estimate of drug-likeness (QED) is 0.751. The van der Waals surface area contributed by atoms with E-state index < -0.39 is 0 Å². The maximum atomic E-state index is 11.9. The van der Waals surface area contributed by atoms with Gasteiger partial charge in [-0.15, -0.1) is 0 Å². The SMILES string of the molecule is COCCOc1cccc(NC(=O)COc2ccccc2Cl)c1. The van der Waals surface area contributed by atoms with Gasteiger partial charge in [0.1, 0.15) is 18.1 Å². The van der Waals surface area contributed by atoms with E-state index in [2.05, 4.69) is 5.32 Å². The number of amides is 1. The molecule has 0 bridgehead atoms. The van der Waals surface area contributed by atoms with E-state index in [4.69, 9.17) is 25.8 Å². The molecule has 1 amide bonds. The maximum absolute atomic E-state index is 11.9. The van der Waals surface area contributed by atoms with Gasteiger partial charge in [-0.3, -0.25) is 4.79 Å². The second-order valence-electron chi connectivity index (χ2n) is 4.64. The van der Waals surface area contributed by atoms with Crippen molar-refractivity contribution < 1.29 is 19.0 Å². The standard InChI is InChI=1S/C17H18ClNO4/c1-21-9-10-22-14-6-4-5-13(11-14)19-17(20)12-23-16-8-3-2-7-15(16)18/h2-8,11H,9-10,12H2,1H3,(H,19,20). The van der Waals surface area contributed by atoms with E-state index in [1.165, 1.54) is 0 Å². The van der Waals surface area contributed by atoms with Gasteiger partial charge in [0.25, 0.3) is 5.91 Å². The van der Waals surface area contributed by atoms with E-state index in [0.717, 1.165) is 0 Å². The number of para-hydroxylation sites is 1. The number of rotatable bonds is 8. The Morgan fingerprint density at radius 3 is 2.70 bits per heavy atom. The summed E-state index contributed by atoms with van der Waals surface area (Å²) in [4.78, 5) is 11.9. The molecule has 0 fully saturated rings. The molecule has 1 N–H and O–H groups in total. The molecular formula is C17H18ClNO4. The molecule has 122 valence electrons. The fourth-order valence-electron chi connectivity index (χ4n) is 1.81. The van der Waals surface area contributed by atoms with Crippen LogP contribution in [-0.2, 0) is 9.53 Å². The first-order valence-corrected chi connectivity index (χ1v) is 7.46. The number of carbonyl (C=O) groups is 1. The predicted molar refractivity (Wildman–Crippen MR) is 89.4 cm³/mol. The zero-order valence-corrected chi connectivity index (χ0v) is 13.5. The van der Waals surface area contributed by atoms with Crippen LogP contribution in [0.3, 0.4) is 0 Å². The van der Waals surface area contributed by atoms with Crippen LogP contribution in [0.1, 0.15) is 0 Å². The summed E-state index contributed by atoms with van der Waals surface area (Å²) >= 11 is 5.97. The monoisotopic (exact) mass is 335 g/mol. The second-order valence-corrected chi connectivity index (χ2v) is 5.04. The predicted octanol–water partition coefficient (Wildman–Crippen LogP) is 3.38. The van der Waals surface area contributed by atoms with Crippen LogP contribution in [0, 0.1) is 0 Å². The van der Waals surface area contributed by atoms with Gasteiger partial charge in [-0.25, -0.2) is 0 Å². The number of methoxy groups -OCH3 is 1. The van der Waals surface area contributed by atoms with Crippen molar-refractivity contribution in [3.8, 4) is 11.5 Å². The molecule has 2 aromatic carbocycles. The molecule has 0 radical (unpaired) electrons. The highest BCUT2D eigenvalue weighted by molar-refractivity contribution is 6.32. The second kappa shape index (κ2) is 9.02. The van der Waals surface area contributed by atoms with Gasteiger partial charge < -0.3 is 19.5 Å². The fourth-order valence-corrected chi connectivity index (χ4v) is 2.00. The molecule has 23 heavy (non-hydrogen) atoms. The van der Waals surface area contributed by atoms with Gasteiger partial charge in [0, 0.05) is 18.9 Å². The number of benzene rings is 2. The summed E-state index contributed by atoms with van der Waals surface area (Å²) in [7, 11) is 1.61. The Hall–Kier alpha value is -2.24. The lowest BCUT2D eigenvalue weighted by molar-refractivity contribution is -0.118. The van der Waals surface area contributed by atoms with Gasteiger partial charge >= 0.3 is 0 Å². The largest absolute Gasteiger partial charge is 0.491 e. The molecule has 0 heterocycles.